The summed E-state index contributed by atoms with van der Waals surface area (Å²) >= 11 is 1.44. The summed E-state index contributed by atoms with van der Waals surface area (Å²) in [5.74, 6) is 0.670. The molecule has 0 bridgehead atoms. The highest BCUT2D eigenvalue weighted by Crippen LogP contribution is 2.31. The molecule has 0 radical (unpaired) electrons. The Bertz CT molecular complexity index is 564. The number of nitrogens with zero attached hydrogens (tertiary/aromatic N) is 2. The lowest BCUT2D eigenvalue weighted by Crippen LogP contribution is -2.21. The highest BCUT2D eigenvalue weighted by Gasteiger charge is 2.15. The van der Waals surface area contributed by atoms with Crippen LogP contribution in [0, 0.1) is 0 Å². The Hall–Kier alpha value is -1.88. The number of rotatable bonds is 3. The SMILES string of the molecule is COc1ccccc1-c1nc(C(=O)N(C)C)cs1. The minimum atomic E-state index is -0.0904. The van der Waals surface area contributed by atoms with Crippen molar-refractivity contribution in [2.24, 2.45) is 0 Å². The topological polar surface area (TPSA) is 42.4 Å². The number of methoxy groups -OCH3 is 1. The fraction of sp³-hybridized carbons (Fsp3) is 0.231. The normalized spacial score (nSPS) is 10.2. The van der Waals surface area contributed by atoms with Crippen LogP contribution in [-0.4, -0.2) is 37.0 Å². The van der Waals surface area contributed by atoms with Gasteiger partial charge in [0.15, 0.2) is 0 Å². The maximum absolute atomic E-state index is 11.8. The molecule has 0 saturated heterocycles. The Morgan fingerprint density at radius 2 is 2.06 bits per heavy atom. The Morgan fingerprint density at radius 3 is 2.72 bits per heavy atom. The molecule has 4 nitrogen and oxygen atoms in total. The second kappa shape index (κ2) is 5.18. The van der Waals surface area contributed by atoms with Crippen LogP contribution >= 0.6 is 11.3 Å². The van der Waals surface area contributed by atoms with Gasteiger partial charge in [0, 0.05) is 19.5 Å². The Balaban J connectivity index is 2.38. The van der Waals surface area contributed by atoms with Crippen molar-refractivity contribution in [3.63, 3.8) is 0 Å². The van der Waals surface area contributed by atoms with Crippen molar-refractivity contribution in [2.75, 3.05) is 21.2 Å². The van der Waals surface area contributed by atoms with E-state index in [4.69, 9.17) is 4.74 Å². The summed E-state index contributed by atoms with van der Waals surface area (Å²) in [5.41, 5.74) is 1.37. The molecule has 0 unspecified atom stereocenters. The summed E-state index contributed by atoms with van der Waals surface area (Å²) in [5, 5.41) is 2.56. The number of ether oxygens (including phenoxy) is 1. The predicted octanol–water partition coefficient (Wildman–Crippen LogP) is 2.52. The Kier molecular flexibility index (Phi) is 3.62. The second-order valence-electron chi connectivity index (χ2n) is 3.94. The molecular weight excluding hydrogens is 248 g/mol. The second-order valence-corrected chi connectivity index (χ2v) is 4.80. The van der Waals surface area contributed by atoms with Crippen molar-refractivity contribution in [3.05, 3.63) is 35.3 Å². The first-order chi connectivity index (χ1) is 8.63. The summed E-state index contributed by atoms with van der Waals surface area (Å²) in [6, 6.07) is 7.64. The number of para-hydroxylation sites is 1. The van der Waals surface area contributed by atoms with Gasteiger partial charge in [0.05, 0.1) is 12.7 Å². The van der Waals surface area contributed by atoms with Crippen LogP contribution in [-0.2, 0) is 0 Å². The van der Waals surface area contributed by atoms with Crippen LogP contribution in [0.5, 0.6) is 5.75 Å². The van der Waals surface area contributed by atoms with Gasteiger partial charge in [-0.2, -0.15) is 0 Å². The summed E-state index contributed by atoms with van der Waals surface area (Å²) in [7, 11) is 5.05. The van der Waals surface area contributed by atoms with E-state index >= 15 is 0 Å². The molecule has 2 aromatic rings. The van der Waals surface area contributed by atoms with E-state index < -0.39 is 0 Å². The third-order valence-corrected chi connectivity index (χ3v) is 3.34. The van der Waals surface area contributed by atoms with E-state index in [1.807, 2.05) is 24.3 Å². The first-order valence-electron chi connectivity index (χ1n) is 5.44. The number of hydrogen-bond acceptors (Lipinski definition) is 4. The molecule has 0 N–H and O–H groups in total. The average molecular weight is 262 g/mol. The molecule has 0 aliphatic heterocycles. The van der Waals surface area contributed by atoms with Gasteiger partial charge in [-0.1, -0.05) is 12.1 Å². The van der Waals surface area contributed by atoms with E-state index in [1.165, 1.54) is 16.2 Å². The highest BCUT2D eigenvalue weighted by atomic mass is 32.1. The first-order valence-corrected chi connectivity index (χ1v) is 6.32. The standard InChI is InChI=1S/C13H14N2O2S/c1-15(2)13(16)10-8-18-12(14-10)9-6-4-5-7-11(9)17-3/h4-8H,1-3H3. The van der Waals surface area contributed by atoms with Gasteiger partial charge in [0.1, 0.15) is 16.5 Å². The van der Waals surface area contributed by atoms with Crippen molar-refractivity contribution in [1.29, 1.82) is 0 Å². The van der Waals surface area contributed by atoms with Gasteiger partial charge in [-0.05, 0) is 12.1 Å². The van der Waals surface area contributed by atoms with E-state index in [1.54, 1.807) is 26.6 Å². The molecule has 0 aliphatic carbocycles. The van der Waals surface area contributed by atoms with Crippen molar-refractivity contribution < 1.29 is 9.53 Å². The van der Waals surface area contributed by atoms with Gasteiger partial charge in [-0.3, -0.25) is 4.79 Å². The molecule has 0 saturated carbocycles. The number of hydrogen-bond donors (Lipinski definition) is 0. The quantitative estimate of drug-likeness (QED) is 0.853. The smallest absolute Gasteiger partial charge is 0.272 e. The van der Waals surface area contributed by atoms with Crippen molar-refractivity contribution in [3.8, 4) is 16.3 Å². The summed E-state index contributed by atoms with van der Waals surface area (Å²) in [4.78, 5) is 17.7. The fourth-order valence-corrected chi connectivity index (χ4v) is 2.37. The van der Waals surface area contributed by atoms with Gasteiger partial charge in [0.2, 0.25) is 0 Å². The number of carbonyl (C=O) groups excluding carboxylic acids is 1. The molecule has 0 atom stereocenters. The zero-order valence-electron chi connectivity index (χ0n) is 10.5. The van der Waals surface area contributed by atoms with Gasteiger partial charge >= 0.3 is 0 Å². The van der Waals surface area contributed by atoms with Crippen molar-refractivity contribution >= 4 is 17.2 Å². The van der Waals surface area contributed by atoms with Crippen LogP contribution in [0.15, 0.2) is 29.6 Å². The van der Waals surface area contributed by atoms with Crippen LogP contribution in [0.3, 0.4) is 0 Å². The van der Waals surface area contributed by atoms with E-state index in [-0.39, 0.29) is 5.91 Å². The molecule has 0 spiro atoms. The molecule has 0 fully saturated rings. The van der Waals surface area contributed by atoms with Crippen LogP contribution in [0.4, 0.5) is 0 Å². The molecule has 5 heteroatoms. The third-order valence-electron chi connectivity index (χ3n) is 2.47. The molecule has 1 amide bonds. The van der Waals surface area contributed by atoms with Crippen LogP contribution in [0.2, 0.25) is 0 Å². The number of thiazole rings is 1. The molecule has 1 aromatic heterocycles. The fourth-order valence-electron chi connectivity index (χ4n) is 1.55. The van der Waals surface area contributed by atoms with Crippen molar-refractivity contribution in [2.45, 2.75) is 0 Å². The lowest BCUT2D eigenvalue weighted by Gasteiger charge is -2.07. The average Bonchev–Trinajstić information content (AvgIpc) is 2.87. The van der Waals surface area contributed by atoms with Crippen molar-refractivity contribution in [1.82, 2.24) is 9.88 Å². The zero-order valence-corrected chi connectivity index (χ0v) is 11.3. The number of amides is 1. The highest BCUT2D eigenvalue weighted by molar-refractivity contribution is 7.13. The summed E-state index contributed by atoms with van der Waals surface area (Å²) in [6.07, 6.45) is 0. The maximum atomic E-state index is 11.8. The van der Waals surface area contributed by atoms with E-state index in [0.29, 0.717) is 5.69 Å². The van der Waals surface area contributed by atoms with Gasteiger partial charge in [-0.15, -0.1) is 11.3 Å². The van der Waals surface area contributed by atoms with E-state index in [2.05, 4.69) is 4.98 Å². The molecule has 94 valence electrons. The van der Waals surface area contributed by atoms with Crippen LogP contribution in [0.1, 0.15) is 10.5 Å². The molecule has 18 heavy (non-hydrogen) atoms. The lowest BCUT2D eigenvalue weighted by atomic mass is 10.2. The van der Waals surface area contributed by atoms with E-state index in [0.717, 1.165) is 16.3 Å². The monoisotopic (exact) mass is 262 g/mol. The summed E-state index contributed by atoms with van der Waals surface area (Å²) in [6.45, 7) is 0. The minimum absolute atomic E-state index is 0.0904. The van der Waals surface area contributed by atoms with E-state index in [9.17, 15) is 4.79 Å². The number of aromatic nitrogens is 1. The maximum Gasteiger partial charge on any atom is 0.272 e. The molecule has 1 heterocycles. The van der Waals surface area contributed by atoms with Crippen LogP contribution < -0.4 is 4.74 Å². The van der Waals surface area contributed by atoms with Gasteiger partial charge in [0.25, 0.3) is 5.91 Å². The largest absolute Gasteiger partial charge is 0.496 e. The molecule has 2 rings (SSSR count). The Morgan fingerprint density at radius 1 is 1.33 bits per heavy atom. The van der Waals surface area contributed by atoms with Gasteiger partial charge < -0.3 is 9.64 Å². The third kappa shape index (κ3) is 2.36. The lowest BCUT2D eigenvalue weighted by molar-refractivity contribution is 0.0823. The number of benzene rings is 1. The molecular formula is C13H14N2O2S. The molecule has 0 aliphatic rings. The number of carbonyl (C=O) groups is 1. The zero-order chi connectivity index (χ0) is 13.1. The first kappa shape index (κ1) is 12.6. The Labute approximate surface area is 110 Å². The minimum Gasteiger partial charge on any atom is -0.496 e. The molecule has 1 aromatic carbocycles. The predicted molar refractivity (Wildman–Crippen MR) is 72.1 cm³/mol. The van der Waals surface area contributed by atoms with Crippen LogP contribution in [0.25, 0.3) is 10.6 Å². The van der Waals surface area contributed by atoms with Gasteiger partial charge in [-0.25, -0.2) is 4.98 Å². The summed E-state index contributed by atoms with van der Waals surface area (Å²) < 4.78 is 5.29.